The van der Waals surface area contributed by atoms with Crippen LogP contribution in [0.3, 0.4) is 0 Å². The van der Waals surface area contributed by atoms with Gasteiger partial charge in [0.2, 0.25) is 5.91 Å². The molecule has 3 aromatic carbocycles. The number of hydrogen-bond donors (Lipinski definition) is 2. The number of amides is 3. The molecule has 5 rings (SSSR count). The average Bonchev–Trinajstić information content (AvgIpc) is 3.03. The van der Waals surface area contributed by atoms with E-state index in [2.05, 4.69) is 10.3 Å². The molecule has 3 amide bonds. The molecule has 0 bridgehead atoms. The summed E-state index contributed by atoms with van der Waals surface area (Å²) in [7, 11) is 0. The summed E-state index contributed by atoms with van der Waals surface area (Å²) in [6.45, 7) is 1.58. The number of benzene rings is 3. The minimum Gasteiger partial charge on any atom is -0.484 e. The van der Waals surface area contributed by atoms with E-state index in [1.54, 1.807) is 70.6 Å². The van der Waals surface area contributed by atoms with Gasteiger partial charge in [0.05, 0.1) is 16.9 Å². The van der Waals surface area contributed by atoms with Gasteiger partial charge >= 0.3 is 6.09 Å². The number of fused-ring (bicyclic) bond motifs is 1. The summed E-state index contributed by atoms with van der Waals surface area (Å²) in [5.41, 5.74) is 9.39. The predicted molar refractivity (Wildman–Crippen MR) is 161 cm³/mol. The Balaban J connectivity index is 1.02. The number of nitrogens with one attached hydrogen (secondary N) is 1. The Kier molecular flexibility index (Phi) is 8.93. The number of anilines is 2. The summed E-state index contributed by atoms with van der Waals surface area (Å²) in [5.74, 6) is 0.0768. The fraction of sp³-hybridized carbons (Fsp3) is 0.188. The average molecular weight is 566 g/mol. The molecule has 0 saturated carbocycles. The van der Waals surface area contributed by atoms with E-state index in [1.165, 1.54) is 6.08 Å². The maximum atomic E-state index is 12.7. The van der Waals surface area contributed by atoms with Crippen LogP contribution in [0.1, 0.15) is 11.1 Å². The van der Waals surface area contributed by atoms with Crippen molar-refractivity contribution in [2.24, 2.45) is 0 Å². The molecule has 1 aliphatic rings. The van der Waals surface area contributed by atoms with Crippen molar-refractivity contribution in [1.82, 2.24) is 14.8 Å². The number of nitrogens with zero attached hydrogens (tertiary/aromatic N) is 3. The second-order valence-corrected chi connectivity index (χ2v) is 9.73. The van der Waals surface area contributed by atoms with Crippen LogP contribution in [0.4, 0.5) is 16.2 Å². The number of pyridine rings is 1. The van der Waals surface area contributed by atoms with Crippen LogP contribution in [0, 0.1) is 0 Å². The summed E-state index contributed by atoms with van der Waals surface area (Å²) < 4.78 is 11.1. The number of nitrogen functional groups attached to an aromatic ring is 1. The van der Waals surface area contributed by atoms with Crippen molar-refractivity contribution in [3.05, 3.63) is 102 Å². The fourth-order valence-electron chi connectivity index (χ4n) is 4.44. The van der Waals surface area contributed by atoms with E-state index < -0.39 is 6.09 Å². The summed E-state index contributed by atoms with van der Waals surface area (Å²) in [6, 6.07) is 23.8. The number of aromatic nitrogens is 1. The molecule has 1 saturated heterocycles. The molecule has 214 valence electrons. The van der Waals surface area contributed by atoms with Crippen LogP contribution >= 0.6 is 0 Å². The molecule has 10 nitrogen and oxygen atoms in total. The van der Waals surface area contributed by atoms with E-state index in [1.807, 2.05) is 30.3 Å². The lowest BCUT2D eigenvalue weighted by Gasteiger charge is -2.34. The van der Waals surface area contributed by atoms with Gasteiger partial charge in [-0.05, 0) is 48.0 Å². The Morgan fingerprint density at radius 3 is 2.40 bits per heavy atom. The first-order chi connectivity index (χ1) is 20.4. The molecular formula is C32H31N5O5. The lowest BCUT2D eigenvalue weighted by molar-refractivity contribution is -0.135. The Bertz CT molecular complexity index is 1600. The van der Waals surface area contributed by atoms with Gasteiger partial charge in [0.1, 0.15) is 12.4 Å². The van der Waals surface area contributed by atoms with Crippen molar-refractivity contribution in [3.63, 3.8) is 0 Å². The quantitative estimate of drug-likeness (QED) is 0.241. The van der Waals surface area contributed by atoms with Crippen LogP contribution < -0.4 is 15.8 Å². The van der Waals surface area contributed by atoms with Crippen molar-refractivity contribution in [1.29, 1.82) is 0 Å². The lowest BCUT2D eigenvalue weighted by atomic mass is 10.2. The van der Waals surface area contributed by atoms with Gasteiger partial charge in [-0.2, -0.15) is 0 Å². The molecule has 4 aromatic rings. The Hall–Kier alpha value is -5.38. The molecule has 0 spiro atoms. The Labute approximate surface area is 243 Å². The number of carbonyl (C=O) groups is 3. The largest absolute Gasteiger partial charge is 0.484 e. The lowest BCUT2D eigenvalue weighted by Crippen LogP contribution is -2.51. The zero-order valence-electron chi connectivity index (χ0n) is 22.9. The number of hydrogen-bond acceptors (Lipinski definition) is 7. The molecule has 0 radical (unpaired) electrons. The van der Waals surface area contributed by atoms with E-state index in [9.17, 15) is 14.4 Å². The minimum absolute atomic E-state index is 0.116. The maximum Gasteiger partial charge on any atom is 0.410 e. The maximum absolute atomic E-state index is 12.7. The standard InChI is InChI=1S/C32H31N5O5/c33-27-6-2-4-8-29(27)35-30(38)14-11-23-9-12-26(13-10-23)41-22-31(39)36-15-17-37(18-16-36)32(40)42-21-24-19-25-5-1-3-7-28(25)34-20-24/h1-14,19-20H,15-18,21-22,33H2,(H,35,38)/b14-11+. The summed E-state index contributed by atoms with van der Waals surface area (Å²) in [4.78, 5) is 45.1. The highest BCUT2D eigenvalue weighted by atomic mass is 16.6. The van der Waals surface area contributed by atoms with Crippen LogP contribution in [0.5, 0.6) is 5.75 Å². The van der Waals surface area contributed by atoms with Gasteiger partial charge in [-0.25, -0.2) is 4.79 Å². The second kappa shape index (κ2) is 13.3. The molecule has 3 N–H and O–H groups in total. The van der Waals surface area contributed by atoms with E-state index in [0.717, 1.165) is 22.0 Å². The smallest absolute Gasteiger partial charge is 0.410 e. The van der Waals surface area contributed by atoms with Gasteiger partial charge < -0.3 is 30.3 Å². The predicted octanol–water partition coefficient (Wildman–Crippen LogP) is 4.33. The molecule has 2 heterocycles. The molecule has 0 aliphatic carbocycles. The summed E-state index contributed by atoms with van der Waals surface area (Å²) in [5, 5.41) is 3.72. The van der Waals surface area contributed by atoms with E-state index in [4.69, 9.17) is 15.2 Å². The van der Waals surface area contributed by atoms with E-state index in [-0.39, 0.29) is 25.0 Å². The SMILES string of the molecule is Nc1ccccc1NC(=O)/C=C/c1ccc(OCC(=O)N2CCN(C(=O)OCc3cnc4ccccc4c3)CC2)cc1. The molecule has 1 aliphatic heterocycles. The number of rotatable bonds is 8. The van der Waals surface area contributed by atoms with E-state index >= 15 is 0 Å². The van der Waals surface area contributed by atoms with Gasteiger partial charge in [-0.1, -0.05) is 42.5 Å². The zero-order chi connectivity index (χ0) is 29.3. The molecule has 1 fully saturated rings. The van der Waals surface area contributed by atoms with Gasteiger partial charge in [0.15, 0.2) is 6.61 Å². The van der Waals surface area contributed by atoms with Crippen LogP contribution in [0.25, 0.3) is 17.0 Å². The molecular weight excluding hydrogens is 534 g/mol. The van der Waals surface area contributed by atoms with Gasteiger partial charge in [-0.3, -0.25) is 14.6 Å². The monoisotopic (exact) mass is 565 g/mol. The van der Waals surface area contributed by atoms with E-state index in [0.29, 0.717) is 43.3 Å². The highest BCUT2D eigenvalue weighted by molar-refractivity contribution is 6.03. The van der Waals surface area contributed by atoms with Gasteiger partial charge in [0, 0.05) is 49.4 Å². The second-order valence-electron chi connectivity index (χ2n) is 9.73. The van der Waals surface area contributed by atoms with Crippen molar-refractivity contribution < 1.29 is 23.9 Å². The molecule has 0 atom stereocenters. The van der Waals surface area contributed by atoms with Crippen molar-refractivity contribution in [2.45, 2.75) is 6.61 Å². The van der Waals surface area contributed by atoms with Crippen molar-refractivity contribution in [3.8, 4) is 5.75 Å². The Morgan fingerprint density at radius 2 is 1.62 bits per heavy atom. The first-order valence-corrected chi connectivity index (χ1v) is 13.5. The molecule has 1 aromatic heterocycles. The number of ether oxygens (including phenoxy) is 2. The third-order valence-corrected chi connectivity index (χ3v) is 6.79. The molecule has 42 heavy (non-hydrogen) atoms. The third-order valence-electron chi connectivity index (χ3n) is 6.79. The normalized spacial score (nSPS) is 13.2. The highest BCUT2D eigenvalue weighted by Gasteiger charge is 2.25. The number of nitrogens with two attached hydrogens (primary N) is 1. The zero-order valence-corrected chi connectivity index (χ0v) is 22.9. The minimum atomic E-state index is -0.415. The fourth-order valence-corrected chi connectivity index (χ4v) is 4.44. The first kappa shape index (κ1) is 28.2. The molecule has 0 unspecified atom stereocenters. The van der Waals surface area contributed by atoms with Crippen LogP contribution in [-0.4, -0.2) is 65.5 Å². The number of carbonyl (C=O) groups excluding carboxylic acids is 3. The number of para-hydroxylation sites is 3. The third kappa shape index (κ3) is 7.42. The number of piperazine rings is 1. The van der Waals surface area contributed by atoms with Gasteiger partial charge in [-0.15, -0.1) is 0 Å². The Morgan fingerprint density at radius 1 is 0.905 bits per heavy atom. The van der Waals surface area contributed by atoms with Crippen molar-refractivity contribution in [2.75, 3.05) is 43.8 Å². The highest BCUT2D eigenvalue weighted by Crippen LogP contribution is 2.18. The first-order valence-electron chi connectivity index (χ1n) is 13.5. The topological polar surface area (TPSA) is 127 Å². The van der Waals surface area contributed by atoms with Crippen LogP contribution in [0.15, 0.2) is 91.1 Å². The van der Waals surface area contributed by atoms with Gasteiger partial charge in [0.25, 0.3) is 5.91 Å². The van der Waals surface area contributed by atoms with Crippen molar-refractivity contribution >= 4 is 46.3 Å². The van der Waals surface area contributed by atoms with Crippen LogP contribution in [0.2, 0.25) is 0 Å². The molecule has 10 heteroatoms. The summed E-state index contributed by atoms with van der Waals surface area (Å²) in [6.07, 6.45) is 4.38. The summed E-state index contributed by atoms with van der Waals surface area (Å²) >= 11 is 0. The van der Waals surface area contributed by atoms with Crippen LogP contribution in [-0.2, 0) is 20.9 Å².